The van der Waals surface area contributed by atoms with Crippen molar-refractivity contribution in [2.45, 2.75) is 46.0 Å². The predicted octanol–water partition coefficient (Wildman–Crippen LogP) is 3.37. The molecule has 4 heteroatoms. The lowest BCUT2D eigenvalue weighted by atomic mass is 9.90. The molecule has 0 N–H and O–H groups in total. The van der Waals surface area contributed by atoms with Crippen LogP contribution in [0.25, 0.3) is 0 Å². The Morgan fingerprint density at radius 3 is 2.56 bits per heavy atom. The van der Waals surface area contributed by atoms with Crippen LogP contribution in [0.2, 0.25) is 0 Å². The molecule has 0 amide bonds. The fourth-order valence-electron chi connectivity index (χ4n) is 1.30. The quantitative estimate of drug-likeness (QED) is 0.596. The van der Waals surface area contributed by atoms with Gasteiger partial charge in [-0.15, -0.1) is 5.10 Å². The van der Waals surface area contributed by atoms with E-state index in [2.05, 4.69) is 16.2 Å². The lowest BCUT2D eigenvalue weighted by Crippen LogP contribution is -2.16. The van der Waals surface area contributed by atoms with E-state index in [4.69, 9.17) is 0 Å². The SMILES string of the molecule is C=C(CC)CC(=O)c1snnc1C(C)(C)C. The molecule has 0 spiro atoms. The molecule has 1 heterocycles. The first-order valence-corrected chi connectivity index (χ1v) is 6.16. The third-order valence-corrected chi connectivity index (χ3v) is 3.13. The van der Waals surface area contributed by atoms with Crippen molar-refractivity contribution in [3.63, 3.8) is 0 Å². The van der Waals surface area contributed by atoms with Crippen LogP contribution in [0.1, 0.15) is 55.9 Å². The summed E-state index contributed by atoms with van der Waals surface area (Å²) in [6, 6.07) is 0. The molecule has 16 heavy (non-hydrogen) atoms. The third kappa shape index (κ3) is 2.98. The number of rotatable bonds is 4. The van der Waals surface area contributed by atoms with E-state index in [0.717, 1.165) is 17.7 Å². The molecule has 0 radical (unpaired) electrons. The first-order chi connectivity index (χ1) is 7.36. The predicted molar refractivity (Wildman–Crippen MR) is 67.0 cm³/mol. The number of carbonyl (C=O) groups is 1. The van der Waals surface area contributed by atoms with E-state index in [1.165, 1.54) is 11.5 Å². The van der Waals surface area contributed by atoms with Crippen LogP contribution in [0.5, 0.6) is 0 Å². The average Bonchev–Trinajstić information content (AvgIpc) is 2.65. The molecule has 0 aromatic carbocycles. The Morgan fingerprint density at radius 2 is 2.06 bits per heavy atom. The highest BCUT2D eigenvalue weighted by atomic mass is 32.1. The summed E-state index contributed by atoms with van der Waals surface area (Å²) >= 11 is 1.19. The molecular formula is C12H18N2OS. The smallest absolute Gasteiger partial charge is 0.180 e. The Labute approximate surface area is 101 Å². The van der Waals surface area contributed by atoms with Crippen molar-refractivity contribution in [1.82, 2.24) is 9.59 Å². The van der Waals surface area contributed by atoms with Crippen molar-refractivity contribution in [1.29, 1.82) is 0 Å². The second-order valence-electron chi connectivity index (χ2n) is 4.90. The van der Waals surface area contributed by atoms with Crippen LogP contribution in [0.3, 0.4) is 0 Å². The van der Waals surface area contributed by atoms with Gasteiger partial charge in [0.05, 0.1) is 5.69 Å². The average molecular weight is 238 g/mol. The van der Waals surface area contributed by atoms with Gasteiger partial charge >= 0.3 is 0 Å². The van der Waals surface area contributed by atoms with Gasteiger partial charge in [-0.1, -0.05) is 44.3 Å². The van der Waals surface area contributed by atoms with Gasteiger partial charge in [0.1, 0.15) is 4.88 Å². The van der Waals surface area contributed by atoms with Crippen LogP contribution in [-0.4, -0.2) is 15.4 Å². The molecule has 0 atom stereocenters. The second kappa shape index (κ2) is 4.87. The van der Waals surface area contributed by atoms with Gasteiger partial charge in [-0.2, -0.15) is 0 Å². The molecule has 1 rings (SSSR count). The van der Waals surface area contributed by atoms with Crippen molar-refractivity contribution < 1.29 is 4.79 Å². The monoisotopic (exact) mass is 238 g/mol. The number of hydrogen-bond acceptors (Lipinski definition) is 4. The van der Waals surface area contributed by atoms with E-state index in [9.17, 15) is 4.79 Å². The normalized spacial score (nSPS) is 11.5. The fourth-order valence-corrected chi connectivity index (χ4v) is 2.11. The molecule has 88 valence electrons. The minimum atomic E-state index is -0.133. The maximum atomic E-state index is 12.0. The van der Waals surface area contributed by atoms with Gasteiger partial charge in [-0.3, -0.25) is 4.79 Å². The molecule has 1 aromatic heterocycles. The van der Waals surface area contributed by atoms with Crippen molar-refractivity contribution in [2.75, 3.05) is 0 Å². The van der Waals surface area contributed by atoms with Crippen LogP contribution in [-0.2, 0) is 5.41 Å². The second-order valence-corrected chi connectivity index (χ2v) is 5.66. The summed E-state index contributed by atoms with van der Waals surface area (Å²) in [5.41, 5.74) is 1.62. The van der Waals surface area contributed by atoms with E-state index < -0.39 is 0 Å². The number of ketones is 1. The maximum Gasteiger partial charge on any atom is 0.180 e. The van der Waals surface area contributed by atoms with E-state index in [-0.39, 0.29) is 11.2 Å². The Bertz CT molecular complexity index is 401. The summed E-state index contributed by atoms with van der Waals surface area (Å²) in [6.07, 6.45) is 1.24. The van der Waals surface area contributed by atoms with Crippen molar-refractivity contribution in [3.8, 4) is 0 Å². The Morgan fingerprint density at radius 1 is 1.44 bits per heavy atom. The van der Waals surface area contributed by atoms with Gasteiger partial charge in [0.2, 0.25) is 0 Å². The lowest BCUT2D eigenvalue weighted by Gasteiger charge is -2.15. The number of aromatic nitrogens is 2. The van der Waals surface area contributed by atoms with Crippen LogP contribution in [0.15, 0.2) is 12.2 Å². The number of hydrogen-bond donors (Lipinski definition) is 0. The number of nitrogens with zero attached hydrogens (tertiary/aromatic N) is 2. The molecule has 0 saturated heterocycles. The van der Waals surface area contributed by atoms with Crippen molar-refractivity contribution >= 4 is 17.3 Å². The number of carbonyl (C=O) groups excluding carboxylic acids is 1. The lowest BCUT2D eigenvalue weighted by molar-refractivity contribution is 0.0994. The molecular weight excluding hydrogens is 220 g/mol. The zero-order valence-corrected chi connectivity index (χ0v) is 11.1. The summed E-state index contributed by atoms with van der Waals surface area (Å²) in [5, 5.41) is 4.06. The summed E-state index contributed by atoms with van der Waals surface area (Å²) in [7, 11) is 0. The summed E-state index contributed by atoms with van der Waals surface area (Å²) in [6.45, 7) is 12.0. The molecule has 3 nitrogen and oxygen atoms in total. The highest BCUT2D eigenvalue weighted by molar-refractivity contribution is 7.08. The van der Waals surface area contributed by atoms with Crippen molar-refractivity contribution in [2.24, 2.45) is 0 Å². The van der Waals surface area contributed by atoms with Crippen LogP contribution in [0, 0.1) is 0 Å². The van der Waals surface area contributed by atoms with Gasteiger partial charge in [0.25, 0.3) is 0 Å². The molecule has 1 aromatic rings. The van der Waals surface area contributed by atoms with Crippen LogP contribution in [0.4, 0.5) is 0 Å². The highest BCUT2D eigenvalue weighted by Crippen LogP contribution is 2.27. The largest absolute Gasteiger partial charge is 0.293 e. The zero-order valence-electron chi connectivity index (χ0n) is 10.3. The summed E-state index contributed by atoms with van der Waals surface area (Å²) in [5.74, 6) is 0.0896. The van der Waals surface area contributed by atoms with Gasteiger partial charge in [-0.25, -0.2) is 0 Å². The van der Waals surface area contributed by atoms with Crippen LogP contribution < -0.4 is 0 Å². The van der Waals surface area contributed by atoms with Gasteiger partial charge < -0.3 is 0 Å². The molecule has 0 fully saturated rings. The van der Waals surface area contributed by atoms with E-state index in [1.807, 2.05) is 27.7 Å². The van der Waals surface area contributed by atoms with E-state index >= 15 is 0 Å². The number of Topliss-reactive ketones (excluding diaryl/α,β-unsaturated/α-hetero) is 1. The topological polar surface area (TPSA) is 42.9 Å². The standard InChI is InChI=1S/C12H18N2OS/c1-6-8(2)7-9(15)10-11(12(3,4)5)13-14-16-10/h2,6-7H2,1,3-5H3. The summed E-state index contributed by atoms with van der Waals surface area (Å²) < 4.78 is 3.88. The minimum Gasteiger partial charge on any atom is -0.293 e. The first kappa shape index (κ1) is 13.0. The molecule has 0 aliphatic rings. The highest BCUT2D eigenvalue weighted by Gasteiger charge is 2.26. The minimum absolute atomic E-state index is 0.0896. The zero-order chi connectivity index (χ0) is 12.3. The molecule has 0 unspecified atom stereocenters. The third-order valence-electron chi connectivity index (χ3n) is 2.36. The Kier molecular flexibility index (Phi) is 3.97. The van der Waals surface area contributed by atoms with Gasteiger partial charge in [0.15, 0.2) is 5.78 Å². The van der Waals surface area contributed by atoms with Crippen molar-refractivity contribution in [3.05, 3.63) is 22.7 Å². The molecule has 0 bridgehead atoms. The maximum absolute atomic E-state index is 12.0. The molecule has 0 aliphatic carbocycles. The van der Waals surface area contributed by atoms with E-state index in [0.29, 0.717) is 11.3 Å². The Balaban J connectivity index is 2.93. The first-order valence-electron chi connectivity index (χ1n) is 5.39. The van der Waals surface area contributed by atoms with Gasteiger partial charge in [0, 0.05) is 11.8 Å². The molecule has 0 saturated carbocycles. The van der Waals surface area contributed by atoms with Crippen LogP contribution >= 0.6 is 11.5 Å². The number of allylic oxidation sites excluding steroid dienone is 1. The Hall–Kier alpha value is -1.03. The summed E-state index contributed by atoms with van der Waals surface area (Å²) in [4.78, 5) is 12.7. The molecule has 0 aliphatic heterocycles. The van der Waals surface area contributed by atoms with E-state index in [1.54, 1.807) is 0 Å². The fraction of sp³-hybridized carbons (Fsp3) is 0.583. The van der Waals surface area contributed by atoms with Gasteiger partial charge in [-0.05, 0) is 18.0 Å².